The highest BCUT2D eigenvalue weighted by Gasteiger charge is 2.32. The molecule has 3 rings (SSSR count). The fraction of sp³-hybridized carbons (Fsp3) is 0.176. The maximum atomic E-state index is 12.0. The minimum absolute atomic E-state index is 0.0449. The molecular weight excluding hydrogens is 282 g/mol. The number of allylic oxidation sites excluding steroid dienone is 1. The normalized spacial score (nSPS) is 14.5. The van der Waals surface area contributed by atoms with Crippen molar-refractivity contribution in [3.63, 3.8) is 0 Å². The van der Waals surface area contributed by atoms with E-state index in [4.69, 9.17) is 4.74 Å². The van der Waals surface area contributed by atoms with E-state index in [0.717, 1.165) is 23.5 Å². The third-order valence-electron chi connectivity index (χ3n) is 3.24. The van der Waals surface area contributed by atoms with Crippen molar-refractivity contribution in [1.29, 1.82) is 5.26 Å². The molecule has 0 spiro atoms. The summed E-state index contributed by atoms with van der Waals surface area (Å²) in [5, 5.41) is 11.1. The predicted octanol–water partition coefficient (Wildman–Crippen LogP) is 4.43. The highest BCUT2D eigenvalue weighted by Crippen LogP contribution is 2.35. The molecule has 21 heavy (non-hydrogen) atoms. The molecule has 0 radical (unpaired) electrons. The SMILES string of the molecule is N#CC(=Cc1sccc1Oc1ccccc1)C(=O)C1CC1. The summed E-state index contributed by atoms with van der Waals surface area (Å²) >= 11 is 1.46. The lowest BCUT2D eigenvalue weighted by Gasteiger charge is -2.04. The summed E-state index contributed by atoms with van der Waals surface area (Å²) in [7, 11) is 0. The van der Waals surface area contributed by atoms with Gasteiger partial charge in [-0.15, -0.1) is 11.3 Å². The number of rotatable bonds is 5. The number of carbonyl (C=O) groups excluding carboxylic acids is 1. The van der Waals surface area contributed by atoms with Gasteiger partial charge in [0.25, 0.3) is 0 Å². The molecule has 1 aromatic heterocycles. The molecule has 1 aliphatic carbocycles. The minimum atomic E-state index is -0.0449. The Hall–Kier alpha value is -2.38. The molecule has 1 heterocycles. The lowest BCUT2D eigenvalue weighted by molar-refractivity contribution is -0.116. The molecule has 0 N–H and O–H groups in total. The van der Waals surface area contributed by atoms with Crippen LogP contribution in [-0.4, -0.2) is 5.78 Å². The second kappa shape index (κ2) is 5.94. The Morgan fingerprint density at radius 2 is 2.05 bits per heavy atom. The van der Waals surface area contributed by atoms with E-state index in [1.807, 2.05) is 47.8 Å². The van der Waals surface area contributed by atoms with Gasteiger partial charge in [-0.2, -0.15) is 5.26 Å². The van der Waals surface area contributed by atoms with Gasteiger partial charge in [-0.25, -0.2) is 0 Å². The van der Waals surface area contributed by atoms with E-state index in [0.29, 0.717) is 5.75 Å². The van der Waals surface area contributed by atoms with Gasteiger partial charge >= 0.3 is 0 Å². The van der Waals surface area contributed by atoms with Gasteiger partial charge in [0.15, 0.2) is 5.78 Å². The first-order chi connectivity index (χ1) is 10.3. The van der Waals surface area contributed by atoms with Gasteiger partial charge in [-0.3, -0.25) is 4.79 Å². The Bertz CT molecular complexity index is 721. The summed E-state index contributed by atoms with van der Waals surface area (Å²) in [5.74, 6) is 1.41. The Morgan fingerprint density at radius 3 is 2.71 bits per heavy atom. The lowest BCUT2D eigenvalue weighted by atomic mass is 10.1. The molecule has 4 heteroatoms. The molecule has 0 amide bonds. The van der Waals surface area contributed by atoms with Crippen molar-refractivity contribution in [1.82, 2.24) is 0 Å². The van der Waals surface area contributed by atoms with Gasteiger partial charge in [-0.05, 0) is 42.5 Å². The molecule has 3 nitrogen and oxygen atoms in total. The number of ether oxygens (including phenoxy) is 1. The van der Waals surface area contributed by atoms with E-state index < -0.39 is 0 Å². The summed E-state index contributed by atoms with van der Waals surface area (Å²) in [5.41, 5.74) is 0.220. The van der Waals surface area contributed by atoms with Crippen LogP contribution in [0.5, 0.6) is 11.5 Å². The Balaban J connectivity index is 1.85. The summed E-state index contributed by atoms with van der Waals surface area (Å²) in [6.45, 7) is 0. The minimum Gasteiger partial charge on any atom is -0.456 e. The van der Waals surface area contributed by atoms with Crippen molar-refractivity contribution in [3.05, 3.63) is 52.2 Å². The average molecular weight is 295 g/mol. The number of nitrogens with zero attached hydrogens (tertiary/aromatic N) is 1. The molecule has 1 aliphatic rings. The molecule has 0 unspecified atom stereocenters. The van der Waals surface area contributed by atoms with Gasteiger partial charge in [0.1, 0.15) is 17.6 Å². The maximum absolute atomic E-state index is 12.0. The summed E-state index contributed by atoms with van der Waals surface area (Å²) in [6.07, 6.45) is 3.44. The highest BCUT2D eigenvalue weighted by molar-refractivity contribution is 7.11. The van der Waals surface area contributed by atoms with Crippen LogP contribution in [-0.2, 0) is 4.79 Å². The molecule has 0 atom stereocenters. The Kier molecular flexibility index (Phi) is 3.85. The van der Waals surface area contributed by atoms with Crippen molar-refractivity contribution in [2.45, 2.75) is 12.8 Å². The molecule has 0 bridgehead atoms. The lowest BCUT2D eigenvalue weighted by Crippen LogP contribution is -2.02. The Morgan fingerprint density at radius 1 is 1.29 bits per heavy atom. The molecule has 0 aliphatic heterocycles. The van der Waals surface area contributed by atoms with Crippen molar-refractivity contribution in [2.24, 2.45) is 5.92 Å². The first-order valence-corrected chi connectivity index (χ1v) is 7.62. The van der Waals surface area contributed by atoms with Crippen LogP contribution in [0.15, 0.2) is 47.4 Å². The molecule has 1 saturated carbocycles. The van der Waals surface area contributed by atoms with Crippen LogP contribution in [0.2, 0.25) is 0 Å². The van der Waals surface area contributed by atoms with E-state index in [9.17, 15) is 10.1 Å². The fourth-order valence-electron chi connectivity index (χ4n) is 1.97. The quantitative estimate of drug-likeness (QED) is 0.605. The zero-order valence-corrected chi connectivity index (χ0v) is 12.1. The van der Waals surface area contributed by atoms with E-state index in [2.05, 4.69) is 0 Å². The fourth-order valence-corrected chi connectivity index (χ4v) is 2.72. The zero-order chi connectivity index (χ0) is 14.7. The van der Waals surface area contributed by atoms with Crippen LogP contribution >= 0.6 is 11.3 Å². The van der Waals surface area contributed by atoms with E-state index >= 15 is 0 Å². The van der Waals surface area contributed by atoms with Gasteiger partial charge in [0, 0.05) is 5.92 Å². The van der Waals surface area contributed by atoms with E-state index in [1.165, 1.54) is 11.3 Å². The van der Waals surface area contributed by atoms with Crippen LogP contribution in [0.4, 0.5) is 0 Å². The van der Waals surface area contributed by atoms with Crippen molar-refractivity contribution < 1.29 is 9.53 Å². The van der Waals surface area contributed by atoms with Crippen LogP contribution in [0.25, 0.3) is 6.08 Å². The van der Waals surface area contributed by atoms with Gasteiger partial charge in [0.05, 0.1) is 10.5 Å². The summed E-state index contributed by atoms with van der Waals surface area (Å²) < 4.78 is 5.80. The smallest absolute Gasteiger partial charge is 0.176 e. The number of hydrogen-bond donors (Lipinski definition) is 0. The van der Waals surface area contributed by atoms with Crippen LogP contribution in [0, 0.1) is 17.2 Å². The zero-order valence-electron chi connectivity index (χ0n) is 11.3. The maximum Gasteiger partial charge on any atom is 0.176 e. The third kappa shape index (κ3) is 3.21. The van der Waals surface area contributed by atoms with Crippen LogP contribution in [0.3, 0.4) is 0 Å². The number of ketones is 1. The first kappa shape index (κ1) is 13.6. The highest BCUT2D eigenvalue weighted by atomic mass is 32.1. The van der Waals surface area contributed by atoms with Gasteiger partial charge in [0.2, 0.25) is 0 Å². The van der Waals surface area contributed by atoms with Crippen molar-refractivity contribution in [2.75, 3.05) is 0 Å². The van der Waals surface area contributed by atoms with Crippen LogP contribution < -0.4 is 4.74 Å². The first-order valence-electron chi connectivity index (χ1n) is 6.74. The number of benzene rings is 1. The molecule has 0 saturated heterocycles. The largest absolute Gasteiger partial charge is 0.456 e. The summed E-state index contributed by atoms with van der Waals surface area (Å²) in [6, 6.07) is 13.3. The van der Waals surface area contributed by atoms with E-state index in [1.54, 1.807) is 6.08 Å². The van der Waals surface area contributed by atoms with Gasteiger partial charge in [-0.1, -0.05) is 18.2 Å². The molecule has 2 aromatic rings. The number of hydrogen-bond acceptors (Lipinski definition) is 4. The Labute approximate surface area is 127 Å². The summed E-state index contributed by atoms with van der Waals surface area (Å²) in [4.78, 5) is 12.8. The number of para-hydroxylation sites is 1. The second-order valence-electron chi connectivity index (χ2n) is 4.87. The van der Waals surface area contributed by atoms with Crippen molar-refractivity contribution in [3.8, 4) is 17.6 Å². The number of nitriles is 1. The number of Topliss-reactive ketones (excluding diaryl/α,β-unsaturated/α-hetero) is 1. The standard InChI is InChI=1S/C17H13NO2S/c18-11-13(17(19)12-6-7-12)10-16-15(8-9-21-16)20-14-4-2-1-3-5-14/h1-5,8-10,12H,6-7H2. The average Bonchev–Trinajstić information content (AvgIpc) is 3.28. The molecule has 1 fully saturated rings. The predicted molar refractivity (Wildman–Crippen MR) is 82.2 cm³/mol. The van der Waals surface area contributed by atoms with E-state index in [-0.39, 0.29) is 17.3 Å². The number of thiophene rings is 1. The topological polar surface area (TPSA) is 50.1 Å². The van der Waals surface area contributed by atoms with Crippen molar-refractivity contribution >= 4 is 23.2 Å². The monoisotopic (exact) mass is 295 g/mol. The van der Waals surface area contributed by atoms with Gasteiger partial charge < -0.3 is 4.74 Å². The van der Waals surface area contributed by atoms with Crippen LogP contribution in [0.1, 0.15) is 17.7 Å². The molecule has 104 valence electrons. The molecular formula is C17H13NO2S. The number of carbonyl (C=O) groups is 1. The third-order valence-corrected chi connectivity index (χ3v) is 4.08. The molecule has 1 aromatic carbocycles. The second-order valence-corrected chi connectivity index (χ2v) is 5.82.